The molecule has 1 N–H and O–H groups in total. The fraction of sp³-hybridized carbons (Fsp3) is 0.185. The lowest BCUT2D eigenvalue weighted by atomic mass is 10.1. The standard InChI is InChI=1S/C27H26N2O3S/c1-4-31-24-15-21(11-13-23(24)32-17-20-8-6-5-7-9-20)16-25-26(30)29-27(33-25)28-22-12-10-18(2)19(3)14-22/h5-16H,4,17H2,1-3H3,(H,28,29,30)/b25-16+. The fourth-order valence-electron chi connectivity index (χ4n) is 3.28. The number of ether oxygens (including phenoxy) is 2. The predicted octanol–water partition coefficient (Wildman–Crippen LogP) is 6.17. The van der Waals surface area contributed by atoms with Crippen LogP contribution in [-0.4, -0.2) is 17.7 Å². The maximum absolute atomic E-state index is 12.5. The van der Waals surface area contributed by atoms with Crippen molar-refractivity contribution in [3.63, 3.8) is 0 Å². The highest BCUT2D eigenvalue weighted by Gasteiger charge is 2.24. The number of aliphatic imine (C=N–C) groups is 1. The van der Waals surface area contributed by atoms with Crippen molar-refractivity contribution in [2.24, 2.45) is 4.99 Å². The van der Waals surface area contributed by atoms with Crippen LogP contribution in [0.1, 0.15) is 29.2 Å². The van der Waals surface area contributed by atoms with Crippen LogP contribution in [0.2, 0.25) is 0 Å². The SMILES string of the molecule is CCOc1cc(/C=C2/SC(=Nc3ccc(C)c(C)c3)NC2=O)ccc1OCc1ccccc1. The van der Waals surface area contributed by atoms with Crippen LogP contribution < -0.4 is 14.8 Å². The van der Waals surface area contributed by atoms with E-state index in [1.807, 2.05) is 86.7 Å². The number of hydrogen-bond donors (Lipinski definition) is 1. The van der Waals surface area contributed by atoms with Gasteiger partial charge in [-0.25, -0.2) is 4.99 Å². The third-order valence-electron chi connectivity index (χ3n) is 5.17. The zero-order chi connectivity index (χ0) is 23.2. The lowest BCUT2D eigenvalue weighted by molar-refractivity contribution is -0.115. The highest BCUT2D eigenvalue weighted by Crippen LogP contribution is 2.33. The molecule has 0 aliphatic carbocycles. The number of carbonyl (C=O) groups is 1. The number of nitrogens with zero attached hydrogens (tertiary/aromatic N) is 1. The molecule has 4 rings (SSSR count). The molecule has 1 amide bonds. The summed E-state index contributed by atoms with van der Waals surface area (Å²) in [6.07, 6.45) is 1.84. The van der Waals surface area contributed by atoms with Crippen molar-refractivity contribution in [3.8, 4) is 11.5 Å². The van der Waals surface area contributed by atoms with Crippen molar-refractivity contribution in [1.29, 1.82) is 0 Å². The molecule has 3 aromatic rings. The Balaban J connectivity index is 1.51. The van der Waals surface area contributed by atoms with Crippen LogP contribution in [0.3, 0.4) is 0 Å². The summed E-state index contributed by atoms with van der Waals surface area (Å²) >= 11 is 1.33. The van der Waals surface area contributed by atoms with Crippen LogP contribution in [0.5, 0.6) is 11.5 Å². The second-order valence-electron chi connectivity index (χ2n) is 7.66. The lowest BCUT2D eigenvalue weighted by Gasteiger charge is -2.13. The van der Waals surface area contributed by atoms with Crippen LogP contribution in [0.15, 0.2) is 76.6 Å². The number of thioether (sulfide) groups is 1. The second-order valence-corrected chi connectivity index (χ2v) is 8.69. The van der Waals surface area contributed by atoms with Crippen LogP contribution in [0.25, 0.3) is 6.08 Å². The summed E-state index contributed by atoms with van der Waals surface area (Å²) < 4.78 is 11.8. The smallest absolute Gasteiger partial charge is 0.264 e. The van der Waals surface area contributed by atoms with Gasteiger partial charge in [0.05, 0.1) is 17.2 Å². The molecule has 1 aliphatic rings. The van der Waals surface area contributed by atoms with Gasteiger partial charge in [0.2, 0.25) is 0 Å². The van der Waals surface area contributed by atoms with Crippen molar-refractivity contribution < 1.29 is 14.3 Å². The summed E-state index contributed by atoms with van der Waals surface area (Å²) in [6.45, 7) is 7.02. The fourth-order valence-corrected chi connectivity index (χ4v) is 4.12. The molecule has 168 valence electrons. The van der Waals surface area contributed by atoms with Gasteiger partial charge in [-0.05, 0) is 85.1 Å². The highest BCUT2D eigenvalue weighted by molar-refractivity contribution is 8.18. The van der Waals surface area contributed by atoms with Gasteiger partial charge >= 0.3 is 0 Å². The van der Waals surface area contributed by atoms with Gasteiger partial charge in [-0.1, -0.05) is 42.5 Å². The van der Waals surface area contributed by atoms with E-state index in [9.17, 15) is 4.79 Å². The third kappa shape index (κ3) is 5.84. The van der Waals surface area contributed by atoms with Crippen molar-refractivity contribution in [3.05, 3.63) is 93.9 Å². The zero-order valence-corrected chi connectivity index (χ0v) is 19.7. The van der Waals surface area contributed by atoms with E-state index in [-0.39, 0.29) is 5.91 Å². The molecule has 0 atom stereocenters. The van der Waals surface area contributed by atoms with Gasteiger partial charge < -0.3 is 14.8 Å². The van der Waals surface area contributed by atoms with Crippen molar-refractivity contribution in [2.75, 3.05) is 6.61 Å². The third-order valence-corrected chi connectivity index (χ3v) is 6.08. The molecule has 33 heavy (non-hydrogen) atoms. The molecule has 0 saturated carbocycles. The van der Waals surface area contributed by atoms with E-state index in [2.05, 4.69) is 17.2 Å². The van der Waals surface area contributed by atoms with Gasteiger partial charge in [0.15, 0.2) is 16.7 Å². The Kier molecular flexibility index (Phi) is 7.15. The van der Waals surface area contributed by atoms with Crippen LogP contribution in [0, 0.1) is 13.8 Å². The summed E-state index contributed by atoms with van der Waals surface area (Å²) in [4.78, 5) is 17.7. The number of aryl methyl sites for hydroxylation is 2. The average molecular weight is 459 g/mol. The number of carbonyl (C=O) groups excluding carboxylic acids is 1. The molecule has 1 fully saturated rings. The molecule has 0 radical (unpaired) electrons. The van der Waals surface area contributed by atoms with Gasteiger partial charge in [-0.3, -0.25) is 4.79 Å². The number of amides is 1. The number of hydrogen-bond acceptors (Lipinski definition) is 5. The first-order chi connectivity index (χ1) is 16.0. The predicted molar refractivity (Wildman–Crippen MR) is 135 cm³/mol. The Morgan fingerprint density at radius 1 is 0.939 bits per heavy atom. The highest BCUT2D eigenvalue weighted by atomic mass is 32.2. The molecule has 1 heterocycles. The van der Waals surface area contributed by atoms with Gasteiger partial charge in [0.25, 0.3) is 5.91 Å². The molecule has 0 unspecified atom stereocenters. The Morgan fingerprint density at radius 2 is 1.76 bits per heavy atom. The normalized spacial score (nSPS) is 15.7. The number of rotatable bonds is 7. The Hall–Kier alpha value is -3.51. The Bertz CT molecular complexity index is 1220. The molecule has 1 aliphatic heterocycles. The number of amidine groups is 1. The monoisotopic (exact) mass is 458 g/mol. The Morgan fingerprint density at radius 3 is 2.52 bits per heavy atom. The van der Waals surface area contributed by atoms with Crippen molar-refractivity contribution in [1.82, 2.24) is 5.32 Å². The van der Waals surface area contributed by atoms with E-state index < -0.39 is 0 Å². The van der Waals surface area contributed by atoms with E-state index in [0.717, 1.165) is 16.8 Å². The van der Waals surface area contributed by atoms with Crippen LogP contribution >= 0.6 is 11.8 Å². The largest absolute Gasteiger partial charge is 0.490 e. The molecule has 3 aromatic carbocycles. The summed E-state index contributed by atoms with van der Waals surface area (Å²) in [5, 5.41) is 3.42. The minimum atomic E-state index is -0.162. The minimum Gasteiger partial charge on any atom is -0.490 e. The number of benzene rings is 3. The van der Waals surface area contributed by atoms with Gasteiger partial charge in [-0.15, -0.1) is 0 Å². The number of nitrogens with one attached hydrogen (secondary N) is 1. The minimum absolute atomic E-state index is 0.162. The first-order valence-corrected chi connectivity index (χ1v) is 11.6. The van der Waals surface area contributed by atoms with Crippen LogP contribution in [-0.2, 0) is 11.4 Å². The summed E-state index contributed by atoms with van der Waals surface area (Å²) in [5.41, 5.74) is 5.14. The molecule has 5 nitrogen and oxygen atoms in total. The lowest BCUT2D eigenvalue weighted by Crippen LogP contribution is -2.19. The van der Waals surface area contributed by atoms with E-state index in [4.69, 9.17) is 9.47 Å². The maximum atomic E-state index is 12.5. The molecule has 0 bridgehead atoms. The van der Waals surface area contributed by atoms with Crippen molar-refractivity contribution >= 4 is 34.6 Å². The van der Waals surface area contributed by atoms with Crippen molar-refractivity contribution in [2.45, 2.75) is 27.4 Å². The summed E-state index contributed by atoms with van der Waals surface area (Å²) in [5.74, 6) is 1.16. The van der Waals surface area contributed by atoms with Gasteiger partial charge in [0.1, 0.15) is 6.61 Å². The maximum Gasteiger partial charge on any atom is 0.264 e. The average Bonchev–Trinajstić information content (AvgIpc) is 3.15. The van der Waals surface area contributed by atoms with Crippen LogP contribution in [0.4, 0.5) is 5.69 Å². The first-order valence-electron chi connectivity index (χ1n) is 10.8. The first kappa shape index (κ1) is 22.7. The molecular weight excluding hydrogens is 432 g/mol. The molecular formula is C27H26N2O3S. The zero-order valence-electron chi connectivity index (χ0n) is 18.9. The Labute approximate surface area is 198 Å². The van der Waals surface area contributed by atoms with E-state index in [1.165, 1.54) is 22.9 Å². The molecule has 1 saturated heterocycles. The van der Waals surface area contributed by atoms with Gasteiger partial charge in [0, 0.05) is 0 Å². The van der Waals surface area contributed by atoms with E-state index >= 15 is 0 Å². The second kappa shape index (κ2) is 10.4. The van der Waals surface area contributed by atoms with Gasteiger partial charge in [-0.2, -0.15) is 0 Å². The molecule has 0 spiro atoms. The quantitative estimate of drug-likeness (QED) is 0.430. The molecule has 0 aromatic heterocycles. The topological polar surface area (TPSA) is 59.9 Å². The molecule has 6 heteroatoms. The van der Waals surface area contributed by atoms with E-state index in [1.54, 1.807) is 0 Å². The van der Waals surface area contributed by atoms with E-state index in [0.29, 0.717) is 34.8 Å². The summed E-state index contributed by atoms with van der Waals surface area (Å²) in [7, 11) is 0. The summed E-state index contributed by atoms with van der Waals surface area (Å²) in [6, 6.07) is 21.7.